The van der Waals surface area contributed by atoms with Crippen LogP contribution in [-0.2, 0) is 11.2 Å². The van der Waals surface area contributed by atoms with Gasteiger partial charge in [-0.1, -0.05) is 42.5 Å². The van der Waals surface area contributed by atoms with Gasteiger partial charge in [-0.15, -0.1) is 0 Å². The van der Waals surface area contributed by atoms with Crippen LogP contribution in [0, 0.1) is 0 Å². The van der Waals surface area contributed by atoms with Crippen molar-refractivity contribution in [3.05, 3.63) is 77.1 Å². The van der Waals surface area contributed by atoms with E-state index in [4.69, 9.17) is 0 Å². The van der Waals surface area contributed by atoms with Crippen LogP contribution in [0.15, 0.2) is 70.9 Å². The summed E-state index contributed by atoms with van der Waals surface area (Å²) in [5.41, 5.74) is 3.47. The Kier molecular flexibility index (Phi) is 3.65. The van der Waals surface area contributed by atoms with Crippen LogP contribution in [0.3, 0.4) is 0 Å². The van der Waals surface area contributed by atoms with E-state index >= 15 is 0 Å². The first-order chi connectivity index (χ1) is 11.7. The zero-order chi connectivity index (χ0) is 16.5. The molecular formula is C20H18N2O2. The summed E-state index contributed by atoms with van der Waals surface area (Å²) in [6, 6.07) is 17.5. The molecule has 2 heterocycles. The number of benzene rings is 2. The Hall–Kier alpha value is -2.88. The monoisotopic (exact) mass is 318 g/mol. The zero-order valence-corrected chi connectivity index (χ0v) is 13.2. The number of amides is 1. The number of carbonyl (C=O) groups excluding carboxylic acids is 1. The largest absolute Gasteiger partial charge is 0.511 e. The summed E-state index contributed by atoms with van der Waals surface area (Å²) in [5, 5.41) is 10.4. The lowest BCUT2D eigenvalue weighted by Crippen LogP contribution is -2.44. The number of rotatable bonds is 2. The Morgan fingerprint density at radius 2 is 1.83 bits per heavy atom. The molecule has 2 aromatic carbocycles. The SMILES string of the molecule is O=C1C(C=Nc2ccccc2)=C(O)CC2c3ccccc3CCN12. The van der Waals surface area contributed by atoms with E-state index in [1.165, 1.54) is 11.8 Å². The first-order valence-corrected chi connectivity index (χ1v) is 8.14. The lowest BCUT2D eigenvalue weighted by molar-refractivity contribution is -0.130. The average Bonchev–Trinajstić information content (AvgIpc) is 2.62. The third kappa shape index (κ3) is 2.50. The number of aliphatic imine (C=N–C) groups is 1. The molecule has 2 aliphatic rings. The van der Waals surface area contributed by atoms with Gasteiger partial charge in [0, 0.05) is 19.2 Å². The van der Waals surface area contributed by atoms with Crippen molar-refractivity contribution in [2.45, 2.75) is 18.9 Å². The molecule has 0 bridgehead atoms. The fourth-order valence-corrected chi connectivity index (χ4v) is 3.47. The van der Waals surface area contributed by atoms with Gasteiger partial charge in [-0.05, 0) is 29.7 Å². The van der Waals surface area contributed by atoms with Crippen molar-refractivity contribution >= 4 is 17.8 Å². The summed E-state index contributed by atoms with van der Waals surface area (Å²) in [5.74, 6) is -0.0180. The Morgan fingerprint density at radius 1 is 1.08 bits per heavy atom. The van der Waals surface area contributed by atoms with Gasteiger partial charge in [-0.3, -0.25) is 9.79 Å². The van der Waals surface area contributed by atoms with Gasteiger partial charge in [0.05, 0.1) is 17.3 Å². The molecule has 0 radical (unpaired) electrons. The normalized spacial score (nSPS) is 20.2. The molecule has 1 N–H and O–H groups in total. The molecule has 4 nitrogen and oxygen atoms in total. The summed E-state index contributed by atoms with van der Waals surface area (Å²) in [4.78, 5) is 19.0. The van der Waals surface area contributed by atoms with Crippen molar-refractivity contribution < 1.29 is 9.90 Å². The summed E-state index contributed by atoms with van der Waals surface area (Å²) >= 11 is 0. The third-order valence-corrected chi connectivity index (χ3v) is 4.70. The second-order valence-electron chi connectivity index (χ2n) is 6.12. The maximum atomic E-state index is 12.8. The van der Waals surface area contributed by atoms with Crippen molar-refractivity contribution in [1.29, 1.82) is 0 Å². The number of hydrogen-bond donors (Lipinski definition) is 1. The van der Waals surface area contributed by atoms with Gasteiger partial charge in [0.25, 0.3) is 5.91 Å². The molecule has 1 amide bonds. The fraction of sp³-hybridized carbons (Fsp3) is 0.200. The molecule has 0 saturated carbocycles. The van der Waals surface area contributed by atoms with Crippen LogP contribution in [0.2, 0.25) is 0 Å². The van der Waals surface area contributed by atoms with Crippen LogP contribution >= 0.6 is 0 Å². The highest BCUT2D eigenvalue weighted by Crippen LogP contribution is 2.38. The fourth-order valence-electron chi connectivity index (χ4n) is 3.47. The summed E-state index contributed by atoms with van der Waals surface area (Å²) in [7, 11) is 0. The van der Waals surface area contributed by atoms with E-state index in [2.05, 4.69) is 17.1 Å². The number of aliphatic hydroxyl groups is 1. The molecule has 4 rings (SSSR count). The first kappa shape index (κ1) is 14.7. The number of nitrogens with zero attached hydrogens (tertiary/aromatic N) is 2. The molecule has 120 valence electrons. The maximum absolute atomic E-state index is 12.8. The lowest BCUT2D eigenvalue weighted by Gasteiger charge is -2.40. The van der Waals surface area contributed by atoms with Crippen molar-refractivity contribution in [2.24, 2.45) is 4.99 Å². The molecule has 0 aromatic heterocycles. The van der Waals surface area contributed by atoms with E-state index < -0.39 is 0 Å². The molecule has 24 heavy (non-hydrogen) atoms. The van der Waals surface area contributed by atoms with E-state index in [-0.39, 0.29) is 17.7 Å². The Labute approximate surface area is 140 Å². The Morgan fingerprint density at radius 3 is 2.67 bits per heavy atom. The van der Waals surface area contributed by atoms with E-state index in [0.29, 0.717) is 18.5 Å². The summed E-state index contributed by atoms with van der Waals surface area (Å²) in [6.45, 7) is 0.677. The van der Waals surface area contributed by atoms with E-state index in [0.717, 1.165) is 17.7 Å². The molecule has 0 spiro atoms. The Bertz CT molecular complexity index is 840. The molecule has 0 saturated heterocycles. The van der Waals surface area contributed by atoms with E-state index in [9.17, 15) is 9.90 Å². The molecule has 4 heteroatoms. The number of para-hydroxylation sites is 1. The van der Waals surface area contributed by atoms with Gasteiger partial charge in [0.1, 0.15) is 5.76 Å². The van der Waals surface area contributed by atoms with Gasteiger partial charge in [-0.2, -0.15) is 0 Å². The quantitative estimate of drug-likeness (QED) is 0.858. The Balaban J connectivity index is 1.67. The lowest BCUT2D eigenvalue weighted by atomic mass is 9.86. The summed E-state index contributed by atoms with van der Waals surface area (Å²) < 4.78 is 0. The van der Waals surface area contributed by atoms with Crippen LogP contribution in [0.25, 0.3) is 0 Å². The van der Waals surface area contributed by atoms with Crippen LogP contribution in [0.1, 0.15) is 23.6 Å². The molecule has 2 aliphatic heterocycles. The van der Waals surface area contributed by atoms with E-state index in [1.807, 2.05) is 47.4 Å². The van der Waals surface area contributed by atoms with Crippen LogP contribution < -0.4 is 0 Å². The predicted molar refractivity (Wildman–Crippen MR) is 93.5 cm³/mol. The molecule has 2 aromatic rings. The maximum Gasteiger partial charge on any atom is 0.259 e. The van der Waals surface area contributed by atoms with Gasteiger partial charge in [0.2, 0.25) is 0 Å². The second kappa shape index (κ2) is 5.96. The van der Waals surface area contributed by atoms with Gasteiger partial charge in [0.15, 0.2) is 0 Å². The molecular weight excluding hydrogens is 300 g/mol. The van der Waals surface area contributed by atoms with Gasteiger partial charge in [-0.25, -0.2) is 0 Å². The molecule has 0 aliphatic carbocycles. The number of hydrogen-bond acceptors (Lipinski definition) is 3. The number of fused-ring (bicyclic) bond motifs is 3. The minimum absolute atomic E-state index is 0.0728. The van der Waals surface area contributed by atoms with Crippen LogP contribution in [-0.4, -0.2) is 28.7 Å². The van der Waals surface area contributed by atoms with Crippen molar-refractivity contribution in [1.82, 2.24) is 4.90 Å². The van der Waals surface area contributed by atoms with Gasteiger partial charge < -0.3 is 10.0 Å². The number of aliphatic hydroxyl groups excluding tert-OH is 1. The highest BCUT2D eigenvalue weighted by molar-refractivity contribution is 6.13. The molecule has 1 unspecified atom stereocenters. The molecule has 1 atom stereocenters. The van der Waals surface area contributed by atoms with Crippen LogP contribution in [0.4, 0.5) is 5.69 Å². The summed E-state index contributed by atoms with van der Waals surface area (Å²) in [6.07, 6.45) is 2.78. The minimum Gasteiger partial charge on any atom is -0.511 e. The first-order valence-electron chi connectivity index (χ1n) is 8.14. The van der Waals surface area contributed by atoms with Crippen molar-refractivity contribution in [2.75, 3.05) is 6.54 Å². The van der Waals surface area contributed by atoms with Gasteiger partial charge >= 0.3 is 0 Å². The standard InChI is InChI=1S/C20H18N2O2/c23-19-12-18-16-9-5-4-6-14(16)10-11-22(18)20(24)17(19)13-21-15-7-2-1-3-8-15/h1-9,13,18,23H,10-12H2. The smallest absolute Gasteiger partial charge is 0.259 e. The van der Waals surface area contributed by atoms with E-state index in [1.54, 1.807) is 0 Å². The predicted octanol–water partition coefficient (Wildman–Crippen LogP) is 3.73. The zero-order valence-electron chi connectivity index (χ0n) is 13.2. The molecule has 0 fully saturated rings. The van der Waals surface area contributed by atoms with Crippen LogP contribution in [0.5, 0.6) is 0 Å². The average molecular weight is 318 g/mol. The highest BCUT2D eigenvalue weighted by Gasteiger charge is 2.37. The topological polar surface area (TPSA) is 52.9 Å². The minimum atomic E-state index is -0.141. The van der Waals surface area contributed by atoms with Crippen molar-refractivity contribution in [3.8, 4) is 0 Å². The number of carbonyl (C=O) groups is 1. The second-order valence-corrected chi connectivity index (χ2v) is 6.12. The highest BCUT2D eigenvalue weighted by atomic mass is 16.3. The third-order valence-electron chi connectivity index (χ3n) is 4.70. The van der Waals surface area contributed by atoms with Crippen molar-refractivity contribution in [3.63, 3.8) is 0 Å².